The molecule has 0 bridgehead atoms. The highest BCUT2D eigenvalue weighted by Crippen LogP contribution is 2.22. The number of methoxy groups -OCH3 is 1. The Kier molecular flexibility index (Phi) is 6.57. The van der Waals surface area contributed by atoms with E-state index in [4.69, 9.17) is 0 Å². The number of carbonyl (C=O) groups is 2. The van der Waals surface area contributed by atoms with Crippen molar-refractivity contribution in [1.29, 1.82) is 0 Å². The highest BCUT2D eigenvalue weighted by molar-refractivity contribution is 7.92. The summed E-state index contributed by atoms with van der Waals surface area (Å²) >= 11 is 0. The van der Waals surface area contributed by atoms with Gasteiger partial charge in [-0.05, 0) is 42.8 Å². The first-order valence-electron chi connectivity index (χ1n) is 8.33. The molecule has 27 heavy (non-hydrogen) atoms. The number of nitrogens with one attached hydrogen (secondary N) is 1. The summed E-state index contributed by atoms with van der Waals surface area (Å²) in [4.78, 5) is 24.8. The summed E-state index contributed by atoms with van der Waals surface area (Å²) in [5, 5.41) is 0. The van der Waals surface area contributed by atoms with Crippen molar-refractivity contribution in [3.05, 3.63) is 59.7 Å². The van der Waals surface area contributed by atoms with Gasteiger partial charge in [0.15, 0.2) is 0 Å². The number of nitrogens with zero attached hydrogens (tertiary/aromatic N) is 1. The van der Waals surface area contributed by atoms with Crippen molar-refractivity contribution >= 4 is 27.6 Å². The largest absolute Gasteiger partial charge is 0.465 e. The quantitative estimate of drug-likeness (QED) is 0.734. The lowest BCUT2D eigenvalue weighted by molar-refractivity contribution is -0.129. The predicted molar refractivity (Wildman–Crippen MR) is 102 cm³/mol. The van der Waals surface area contributed by atoms with Crippen LogP contribution >= 0.6 is 0 Å². The van der Waals surface area contributed by atoms with E-state index in [0.717, 1.165) is 0 Å². The summed E-state index contributed by atoms with van der Waals surface area (Å²) in [5.74, 6) is -0.630. The van der Waals surface area contributed by atoms with Gasteiger partial charge in [-0.1, -0.05) is 18.2 Å². The van der Waals surface area contributed by atoms with E-state index in [-0.39, 0.29) is 16.4 Å². The molecule has 0 heterocycles. The number of hydrogen-bond donors (Lipinski definition) is 1. The van der Waals surface area contributed by atoms with Gasteiger partial charge in [-0.2, -0.15) is 0 Å². The van der Waals surface area contributed by atoms with Gasteiger partial charge >= 0.3 is 5.97 Å². The van der Waals surface area contributed by atoms with Crippen LogP contribution < -0.4 is 4.72 Å². The molecule has 1 N–H and O–H groups in total. The zero-order valence-electron chi connectivity index (χ0n) is 15.4. The molecular weight excluding hydrogens is 368 g/mol. The van der Waals surface area contributed by atoms with Gasteiger partial charge in [0.1, 0.15) is 0 Å². The van der Waals surface area contributed by atoms with Gasteiger partial charge in [-0.25, -0.2) is 13.2 Å². The topological polar surface area (TPSA) is 92.8 Å². The van der Waals surface area contributed by atoms with Crippen LogP contribution in [-0.4, -0.2) is 38.8 Å². The maximum atomic E-state index is 12.7. The van der Waals surface area contributed by atoms with E-state index in [1.54, 1.807) is 29.2 Å². The molecule has 0 atom stereocenters. The molecule has 8 heteroatoms. The summed E-state index contributed by atoms with van der Waals surface area (Å²) < 4.78 is 32.5. The molecule has 0 spiro atoms. The second kappa shape index (κ2) is 8.68. The van der Waals surface area contributed by atoms with Gasteiger partial charge < -0.3 is 9.64 Å². The minimum atomic E-state index is -3.85. The average Bonchev–Trinajstić information content (AvgIpc) is 2.66. The van der Waals surface area contributed by atoms with Crippen LogP contribution in [-0.2, 0) is 26.1 Å². The van der Waals surface area contributed by atoms with E-state index in [0.29, 0.717) is 24.3 Å². The van der Waals surface area contributed by atoms with Crippen LogP contribution in [0.25, 0.3) is 0 Å². The fourth-order valence-corrected chi connectivity index (χ4v) is 3.60. The lowest BCUT2D eigenvalue weighted by Crippen LogP contribution is -2.28. The normalized spacial score (nSPS) is 10.9. The van der Waals surface area contributed by atoms with Gasteiger partial charge in [0.05, 0.1) is 23.3 Å². The van der Waals surface area contributed by atoms with Gasteiger partial charge in [0.25, 0.3) is 10.0 Å². The zero-order chi connectivity index (χ0) is 20.0. The minimum absolute atomic E-state index is 0.0175. The van der Waals surface area contributed by atoms with E-state index in [1.165, 1.54) is 38.3 Å². The van der Waals surface area contributed by atoms with E-state index in [2.05, 4.69) is 9.46 Å². The van der Waals surface area contributed by atoms with Gasteiger partial charge in [-0.3, -0.25) is 9.52 Å². The number of anilines is 1. The first-order chi connectivity index (χ1) is 12.8. The third-order valence-corrected chi connectivity index (χ3v) is 5.42. The number of carbonyl (C=O) groups excluding carboxylic acids is 2. The maximum absolute atomic E-state index is 12.7. The van der Waals surface area contributed by atoms with Crippen LogP contribution in [0.15, 0.2) is 53.4 Å². The molecule has 0 radical (unpaired) electrons. The first kappa shape index (κ1) is 20.4. The van der Waals surface area contributed by atoms with Crippen LogP contribution in [0.3, 0.4) is 0 Å². The molecule has 0 aliphatic heterocycles. The highest BCUT2D eigenvalue weighted by Gasteiger charge is 2.18. The minimum Gasteiger partial charge on any atom is -0.465 e. The SMILES string of the molecule is CCN(Cc1ccccc1NS(=O)(=O)c1ccc(C(=O)OC)cc1)C(C)=O. The molecule has 0 unspecified atom stereocenters. The summed E-state index contributed by atoms with van der Waals surface area (Å²) in [6.07, 6.45) is 0. The third kappa shape index (κ3) is 5.07. The molecule has 1 amide bonds. The van der Waals surface area contributed by atoms with Crippen molar-refractivity contribution in [1.82, 2.24) is 4.90 Å². The van der Waals surface area contributed by atoms with E-state index >= 15 is 0 Å². The van der Waals surface area contributed by atoms with Crippen molar-refractivity contribution in [3.63, 3.8) is 0 Å². The molecule has 0 aliphatic rings. The van der Waals surface area contributed by atoms with E-state index in [9.17, 15) is 18.0 Å². The Labute approximate surface area is 159 Å². The number of benzene rings is 2. The average molecular weight is 390 g/mol. The van der Waals surface area contributed by atoms with Gasteiger partial charge in [0, 0.05) is 20.0 Å². The molecule has 0 aromatic heterocycles. The Bertz CT molecular complexity index is 923. The summed E-state index contributed by atoms with van der Waals surface area (Å²) in [5.41, 5.74) is 1.34. The molecular formula is C19H22N2O5S. The fraction of sp³-hybridized carbons (Fsp3) is 0.263. The Morgan fingerprint density at radius 1 is 1.07 bits per heavy atom. The summed E-state index contributed by atoms with van der Waals surface area (Å²) in [7, 11) is -2.60. The van der Waals surface area contributed by atoms with Crippen molar-refractivity contribution < 1.29 is 22.7 Å². The molecule has 0 saturated carbocycles. The molecule has 2 aromatic rings. The second-order valence-corrected chi connectivity index (χ2v) is 7.49. The number of esters is 1. The highest BCUT2D eigenvalue weighted by atomic mass is 32.2. The Morgan fingerprint density at radius 2 is 1.70 bits per heavy atom. The fourth-order valence-electron chi connectivity index (χ4n) is 2.50. The Morgan fingerprint density at radius 3 is 2.26 bits per heavy atom. The van der Waals surface area contributed by atoms with E-state index < -0.39 is 16.0 Å². The van der Waals surface area contributed by atoms with Gasteiger partial charge in [0.2, 0.25) is 5.91 Å². The maximum Gasteiger partial charge on any atom is 0.337 e. The van der Waals surface area contributed by atoms with Crippen molar-refractivity contribution in [2.24, 2.45) is 0 Å². The van der Waals surface area contributed by atoms with Crippen LogP contribution in [0.2, 0.25) is 0 Å². The van der Waals surface area contributed by atoms with Crippen LogP contribution in [0.5, 0.6) is 0 Å². The summed E-state index contributed by atoms with van der Waals surface area (Å²) in [6, 6.07) is 12.4. The monoisotopic (exact) mass is 390 g/mol. The number of para-hydroxylation sites is 1. The number of hydrogen-bond acceptors (Lipinski definition) is 5. The first-order valence-corrected chi connectivity index (χ1v) is 9.81. The molecule has 0 saturated heterocycles. The van der Waals surface area contributed by atoms with Crippen LogP contribution in [0.4, 0.5) is 5.69 Å². The second-order valence-electron chi connectivity index (χ2n) is 5.81. The Balaban J connectivity index is 2.28. The predicted octanol–water partition coefficient (Wildman–Crippen LogP) is 2.64. The van der Waals surface area contributed by atoms with Crippen molar-refractivity contribution in [2.45, 2.75) is 25.3 Å². The molecule has 7 nitrogen and oxygen atoms in total. The molecule has 0 aliphatic carbocycles. The molecule has 2 aromatic carbocycles. The smallest absolute Gasteiger partial charge is 0.337 e. The standard InChI is InChI=1S/C19H22N2O5S/c1-4-21(14(2)22)13-16-7-5-6-8-18(16)20-27(24,25)17-11-9-15(10-12-17)19(23)26-3/h5-12,20H,4,13H2,1-3H3. The molecule has 0 fully saturated rings. The number of ether oxygens (including phenoxy) is 1. The van der Waals surface area contributed by atoms with Crippen molar-refractivity contribution in [2.75, 3.05) is 18.4 Å². The number of rotatable bonds is 7. The summed E-state index contributed by atoms with van der Waals surface area (Å²) in [6.45, 7) is 4.15. The Hall–Kier alpha value is -2.87. The lowest BCUT2D eigenvalue weighted by Gasteiger charge is -2.21. The molecule has 144 valence electrons. The van der Waals surface area contributed by atoms with Crippen LogP contribution in [0.1, 0.15) is 29.8 Å². The molecule has 2 rings (SSSR count). The lowest BCUT2D eigenvalue weighted by atomic mass is 10.1. The van der Waals surface area contributed by atoms with Gasteiger partial charge in [-0.15, -0.1) is 0 Å². The zero-order valence-corrected chi connectivity index (χ0v) is 16.2. The number of amides is 1. The van der Waals surface area contributed by atoms with E-state index in [1.807, 2.05) is 6.92 Å². The third-order valence-electron chi connectivity index (χ3n) is 4.04. The number of sulfonamides is 1. The van der Waals surface area contributed by atoms with Crippen LogP contribution in [0, 0.1) is 0 Å². The van der Waals surface area contributed by atoms with Crippen molar-refractivity contribution in [3.8, 4) is 0 Å².